The molecule has 0 radical (unpaired) electrons. The summed E-state index contributed by atoms with van der Waals surface area (Å²) in [7, 11) is 1.73. The first-order chi connectivity index (χ1) is 21.9. The van der Waals surface area contributed by atoms with Crippen molar-refractivity contribution in [3.05, 3.63) is 59.8 Å². The first-order valence-electron chi connectivity index (χ1n) is 17.0. The number of anilines is 1. The van der Waals surface area contributed by atoms with Crippen LogP contribution in [-0.2, 0) is 20.4 Å². The van der Waals surface area contributed by atoms with E-state index >= 15 is 0 Å². The molecule has 0 spiro atoms. The number of pyridine rings is 1. The Morgan fingerprint density at radius 2 is 1.72 bits per heavy atom. The second-order valence-corrected chi connectivity index (χ2v) is 15.4. The Morgan fingerprint density at radius 3 is 2.30 bits per heavy atom. The maximum Gasteiger partial charge on any atom is 0.303 e. The van der Waals surface area contributed by atoms with Gasteiger partial charge in [0.05, 0.1) is 7.11 Å². The number of hydrogen-bond donors (Lipinski definition) is 1. The zero-order valence-electron chi connectivity index (χ0n) is 28.1. The molecule has 8 heteroatoms. The summed E-state index contributed by atoms with van der Waals surface area (Å²) in [6.07, 6.45) is 13.2. The Labute approximate surface area is 273 Å². The standard InChI is InChI=1S/C38H49N3O5/c1-25-20-29(10-11-31(25)45-5)38-16-13-37(14-17-38,15-18-38)24-41(34(44)27-8-6-26(7-9-27)21-33(42)43)32-22-28(12-19-39-32)30-23-46-35(40-30)36(2,3)4/h10-12,19-20,22-23,26-27H,6-9,13-18,21,24H2,1-5H3,(H,42,43)/t26-,27-,37?,38?. The van der Waals surface area contributed by atoms with Crippen molar-refractivity contribution < 1.29 is 23.8 Å². The Kier molecular flexibility index (Phi) is 8.77. The van der Waals surface area contributed by atoms with Crippen LogP contribution in [0.4, 0.5) is 5.82 Å². The van der Waals surface area contributed by atoms with Crippen LogP contribution in [0.15, 0.2) is 47.2 Å². The van der Waals surface area contributed by atoms with Gasteiger partial charge in [-0.15, -0.1) is 0 Å². The summed E-state index contributed by atoms with van der Waals surface area (Å²) in [6.45, 7) is 9.00. The van der Waals surface area contributed by atoms with E-state index in [9.17, 15) is 14.7 Å². The lowest BCUT2D eigenvalue weighted by Gasteiger charge is -2.55. The van der Waals surface area contributed by atoms with Gasteiger partial charge in [-0.25, -0.2) is 9.97 Å². The highest BCUT2D eigenvalue weighted by molar-refractivity contribution is 5.95. The number of carboxylic acid groups (broad SMARTS) is 1. The normalized spacial score (nSPS) is 26.1. The van der Waals surface area contributed by atoms with Crippen LogP contribution in [0.5, 0.6) is 5.75 Å². The number of aliphatic carboxylic acids is 1. The van der Waals surface area contributed by atoms with Gasteiger partial charge in [-0.2, -0.15) is 0 Å². The fourth-order valence-electron chi connectivity index (χ4n) is 8.31. The number of nitrogens with zero attached hydrogens (tertiary/aromatic N) is 3. The predicted octanol–water partition coefficient (Wildman–Crippen LogP) is 8.26. The van der Waals surface area contributed by atoms with Gasteiger partial charge in [0.1, 0.15) is 23.5 Å². The average Bonchev–Trinajstić information content (AvgIpc) is 3.56. The lowest BCUT2D eigenvalue weighted by atomic mass is 9.51. The molecule has 246 valence electrons. The molecule has 7 rings (SSSR count). The molecule has 1 aromatic carbocycles. The van der Waals surface area contributed by atoms with Crippen molar-refractivity contribution in [3.8, 4) is 17.0 Å². The molecule has 2 heterocycles. The molecule has 1 N–H and O–H groups in total. The number of fused-ring (bicyclic) bond motifs is 3. The van der Waals surface area contributed by atoms with Crippen molar-refractivity contribution in [2.45, 2.75) is 109 Å². The quantitative estimate of drug-likeness (QED) is 0.255. The molecule has 4 saturated carbocycles. The van der Waals surface area contributed by atoms with Crippen molar-refractivity contribution in [1.29, 1.82) is 0 Å². The predicted molar refractivity (Wildman–Crippen MR) is 178 cm³/mol. The SMILES string of the molecule is COc1ccc(C23CCC(CN(c4cc(-c5coc(C(C)(C)C)n5)ccn4)C(=O)[C@H]4CC[C@H](CC(=O)O)CC4)(CC2)CC3)cc1C. The topological polar surface area (TPSA) is 106 Å². The molecule has 0 atom stereocenters. The maximum absolute atomic E-state index is 14.5. The van der Waals surface area contributed by atoms with Crippen LogP contribution in [0, 0.1) is 24.2 Å². The molecule has 4 fully saturated rings. The van der Waals surface area contributed by atoms with Crippen LogP contribution in [0.3, 0.4) is 0 Å². The summed E-state index contributed by atoms with van der Waals surface area (Å²) in [5, 5.41) is 9.31. The summed E-state index contributed by atoms with van der Waals surface area (Å²) < 4.78 is 11.4. The van der Waals surface area contributed by atoms with E-state index in [1.54, 1.807) is 19.6 Å². The molecular weight excluding hydrogens is 578 g/mol. The number of aromatic nitrogens is 2. The summed E-state index contributed by atoms with van der Waals surface area (Å²) in [5.74, 6) is 1.66. The molecule has 2 aromatic heterocycles. The van der Waals surface area contributed by atoms with Gasteiger partial charge in [0.15, 0.2) is 5.89 Å². The minimum absolute atomic E-state index is 0.0460. The number of benzene rings is 1. The lowest BCUT2D eigenvalue weighted by Crippen LogP contribution is -2.52. The van der Waals surface area contributed by atoms with E-state index in [4.69, 9.17) is 19.1 Å². The fraction of sp³-hybridized carbons (Fsp3) is 0.579. The van der Waals surface area contributed by atoms with Gasteiger partial charge < -0.3 is 14.3 Å². The zero-order valence-corrected chi connectivity index (χ0v) is 28.1. The minimum Gasteiger partial charge on any atom is -0.496 e. The van der Waals surface area contributed by atoms with Crippen molar-refractivity contribution in [2.24, 2.45) is 17.3 Å². The number of carbonyl (C=O) groups is 2. The Morgan fingerprint density at radius 1 is 1.02 bits per heavy atom. The van der Waals surface area contributed by atoms with Gasteiger partial charge in [0.25, 0.3) is 0 Å². The van der Waals surface area contributed by atoms with Crippen LogP contribution in [0.2, 0.25) is 0 Å². The number of aryl methyl sites for hydroxylation is 1. The third kappa shape index (κ3) is 6.45. The summed E-state index contributed by atoms with van der Waals surface area (Å²) in [6, 6.07) is 10.6. The molecule has 4 aliphatic carbocycles. The van der Waals surface area contributed by atoms with E-state index in [0.717, 1.165) is 81.2 Å². The molecule has 0 unspecified atom stereocenters. The largest absolute Gasteiger partial charge is 0.496 e. The highest BCUT2D eigenvalue weighted by Gasteiger charge is 2.51. The van der Waals surface area contributed by atoms with Crippen LogP contribution in [0.1, 0.15) is 108 Å². The van der Waals surface area contributed by atoms with Crippen molar-refractivity contribution in [1.82, 2.24) is 9.97 Å². The Hall–Kier alpha value is -3.68. The number of oxazole rings is 1. The molecule has 0 aliphatic heterocycles. The third-order valence-electron chi connectivity index (χ3n) is 11.3. The first-order valence-corrected chi connectivity index (χ1v) is 17.0. The van der Waals surface area contributed by atoms with Gasteiger partial charge >= 0.3 is 5.97 Å². The van der Waals surface area contributed by atoms with E-state index in [1.165, 1.54) is 11.1 Å². The molecule has 3 aromatic rings. The monoisotopic (exact) mass is 627 g/mol. The second-order valence-electron chi connectivity index (χ2n) is 15.4. The van der Waals surface area contributed by atoms with Gasteiger partial charge in [-0.3, -0.25) is 14.5 Å². The molecule has 0 saturated heterocycles. The molecule has 2 bridgehead atoms. The number of carbonyl (C=O) groups excluding carboxylic acids is 1. The van der Waals surface area contributed by atoms with Gasteiger partial charge in [0, 0.05) is 36.1 Å². The third-order valence-corrected chi connectivity index (χ3v) is 11.3. The molecule has 4 aliphatic rings. The van der Waals surface area contributed by atoms with Crippen LogP contribution in [0.25, 0.3) is 11.3 Å². The van der Waals surface area contributed by atoms with Crippen LogP contribution in [-0.4, -0.2) is 40.6 Å². The number of rotatable bonds is 9. The van der Waals surface area contributed by atoms with E-state index in [1.807, 2.05) is 17.0 Å². The van der Waals surface area contributed by atoms with E-state index < -0.39 is 5.97 Å². The van der Waals surface area contributed by atoms with E-state index in [2.05, 4.69) is 45.9 Å². The number of amides is 1. The lowest BCUT2D eigenvalue weighted by molar-refractivity contribution is -0.138. The molecule has 8 nitrogen and oxygen atoms in total. The summed E-state index contributed by atoms with van der Waals surface area (Å²) >= 11 is 0. The summed E-state index contributed by atoms with van der Waals surface area (Å²) in [5.41, 5.74) is 4.24. The molecule has 1 amide bonds. The van der Waals surface area contributed by atoms with Gasteiger partial charge in [0.2, 0.25) is 5.91 Å². The average molecular weight is 628 g/mol. The maximum atomic E-state index is 14.5. The zero-order chi connectivity index (χ0) is 32.7. The van der Waals surface area contributed by atoms with Crippen LogP contribution >= 0.6 is 0 Å². The van der Waals surface area contributed by atoms with Gasteiger partial charge in [-0.1, -0.05) is 32.9 Å². The van der Waals surface area contributed by atoms with E-state index in [0.29, 0.717) is 18.3 Å². The molecule has 46 heavy (non-hydrogen) atoms. The minimum atomic E-state index is -0.755. The fourth-order valence-corrected chi connectivity index (χ4v) is 8.31. The van der Waals surface area contributed by atoms with Crippen molar-refractivity contribution in [3.63, 3.8) is 0 Å². The second kappa shape index (κ2) is 12.5. The Bertz CT molecular complexity index is 1550. The number of hydrogen-bond acceptors (Lipinski definition) is 6. The van der Waals surface area contributed by atoms with E-state index in [-0.39, 0.29) is 40.4 Å². The van der Waals surface area contributed by atoms with Crippen molar-refractivity contribution >= 4 is 17.7 Å². The van der Waals surface area contributed by atoms with Gasteiger partial charge in [-0.05, 0) is 117 Å². The first kappa shape index (κ1) is 32.3. The summed E-state index contributed by atoms with van der Waals surface area (Å²) in [4.78, 5) is 37.3. The highest BCUT2D eigenvalue weighted by atomic mass is 16.5. The number of ether oxygens (including phenoxy) is 1. The molecular formula is C38H49N3O5. The highest BCUT2D eigenvalue weighted by Crippen LogP contribution is 2.58. The van der Waals surface area contributed by atoms with Crippen molar-refractivity contribution in [2.75, 3.05) is 18.6 Å². The Balaban J connectivity index is 1.26. The van der Waals surface area contributed by atoms with Crippen LogP contribution < -0.4 is 9.64 Å². The number of carboxylic acids is 1. The smallest absolute Gasteiger partial charge is 0.303 e. The number of methoxy groups -OCH3 is 1.